The van der Waals surface area contributed by atoms with E-state index < -0.39 is 11.5 Å². The fourth-order valence-corrected chi connectivity index (χ4v) is 2.08. The van der Waals surface area contributed by atoms with Crippen molar-refractivity contribution in [2.24, 2.45) is 5.73 Å². The van der Waals surface area contributed by atoms with Gasteiger partial charge in [0.05, 0.1) is 0 Å². The number of hydrogen-bond donors (Lipinski definition) is 2. The van der Waals surface area contributed by atoms with E-state index in [4.69, 9.17) is 10.5 Å². The zero-order chi connectivity index (χ0) is 15.7. The lowest BCUT2D eigenvalue weighted by Gasteiger charge is -2.20. The second-order valence-electron chi connectivity index (χ2n) is 5.06. The van der Waals surface area contributed by atoms with Gasteiger partial charge in [-0.3, -0.25) is 4.79 Å². The summed E-state index contributed by atoms with van der Waals surface area (Å²) in [5, 5.41) is 10.5. The highest BCUT2D eigenvalue weighted by molar-refractivity contribution is 5.75. The van der Waals surface area contributed by atoms with Crippen LogP contribution in [0.3, 0.4) is 0 Å². The number of benzene rings is 1. The Bertz CT molecular complexity index is 522. The molecule has 1 aromatic carbocycles. The zero-order valence-corrected chi connectivity index (χ0v) is 12.7. The summed E-state index contributed by atoms with van der Waals surface area (Å²) in [6.07, 6.45) is 3.08. The largest absolute Gasteiger partial charge is 0.484 e. The Kier molecular flexibility index (Phi) is 6.77. The molecule has 4 nitrogen and oxygen atoms in total. The maximum absolute atomic E-state index is 10.7. The normalized spacial score (nSPS) is 10.6. The number of ether oxygens (including phenoxy) is 1. The van der Waals surface area contributed by atoms with E-state index in [1.807, 2.05) is 19.9 Å². The number of amides is 1. The number of primary amides is 1. The molecule has 0 heterocycles. The van der Waals surface area contributed by atoms with Crippen molar-refractivity contribution in [2.75, 3.05) is 6.61 Å². The summed E-state index contributed by atoms with van der Waals surface area (Å²) in [5.41, 5.74) is 4.84. The lowest BCUT2D eigenvalue weighted by molar-refractivity contribution is -0.119. The molecule has 114 valence electrons. The number of carbonyl (C=O) groups excluding carboxylic acids is 1. The van der Waals surface area contributed by atoms with E-state index in [1.165, 1.54) is 0 Å². The zero-order valence-electron chi connectivity index (χ0n) is 12.7. The Morgan fingerprint density at radius 1 is 1.33 bits per heavy atom. The minimum atomic E-state index is -0.937. The van der Waals surface area contributed by atoms with Gasteiger partial charge in [0.2, 0.25) is 0 Å². The fraction of sp³-hybridized carbons (Fsp3) is 0.471. The van der Waals surface area contributed by atoms with Gasteiger partial charge in [-0.2, -0.15) is 0 Å². The van der Waals surface area contributed by atoms with Crippen molar-refractivity contribution in [1.82, 2.24) is 0 Å². The van der Waals surface area contributed by atoms with Crippen LogP contribution in [0.15, 0.2) is 24.3 Å². The Balaban J connectivity index is 2.84. The van der Waals surface area contributed by atoms with E-state index in [0.717, 1.165) is 18.4 Å². The quantitative estimate of drug-likeness (QED) is 0.756. The molecule has 0 atom stereocenters. The van der Waals surface area contributed by atoms with Crippen LogP contribution in [-0.4, -0.2) is 23.2 Å². The highest BCUT2D eigenvalue weighted by Gasteiger charge is 2.21. The van der Waals surface area contributed by atoms with Crippen LogP contribution >= 0.6 is 0 Å². The lowest BCUT2D eigenvalue weighted by Crippen LogP contribution is -2.25. The molecule has 0 fully saturated rings. The van der Waals surface area contributed by atoms with E-state index >= 15 is 0 Å². The van der Waals surface area contributed by atoms with Crippen LogP contribution in [0.2, 0.25) is 0 Å². The minimum Gasteiger partial charge on any atom is -0.484 e. The predicted molar refractivity (Wildman–Crippen MR) is 82.8 cm³/mol. The predicted octanol–water partition coefficient (Wildman–Crippen LogP) is 2.23. The summed E-state index contributed by atoms with van der Waals surface area (Å²) in [7, 11) is 0. The molecule has 0 spiro atoms. The van der Waals surface area contributed by atoms with Gasteiger partial charge < -0.3 is 15.6 Å². The van der Waals surface area contributed by atoms with Crippen molar-refractivity contribution in [3.05, 3.63) is 29.8 Å². The second kappa shape index (κ2) is 8.33. The first-order chi connectivity index (χ1) is 9.99. The van der Waals surface area contributed by atoms with Crippen LogP contribution in [0.25, 0.3) is 0 Å². The van der Waals surface area contributed by atoms with Gasteiger partial charge >= 0.3 is 0 Å². The highest BCUT2D eigenvalue weighted by Crippen LogP contribution is 2.19. The van der Waals surface area contributed by atoms with Gasteiger partial charge in [-0.15, -0.1) is 0 Å². The van der Waals surface area contributed by atoms with Crippen LogP contribution in [0.4, 0.5) is 0 Å². The molecule has 1 aromatic rings. The lowest BCUT2D eigenvalue weighted by atomic mass is 9.93. The minimum absolute atomic E-state index is 0.160. The maximum Gasteiger partial charge on any atom is 0.255 e. The summed E-state index contributed by atoms with van der Waals surface area (Å²) >= 11 is 0. The second-order valence-corrected chi connectivity index (χ2v) is 5.06. The first kappa shape index (κ1) is 17.1. The van der Waals surface area contributed by atoms with Crippen molar-refractivity contribution >= 4 is 5.91 Å². The van der Waals surface area contributed by atoms with E-state index in [2.05, 4.69) is 11.8 Å². The monoisotopic (exact) mass is 289 g/mol. The van der Waals surface area contributed by atoms with E-state index in [9.17, 15) is 9.90 Å². The van der Waals surface area contributed by atoms with E-state index in [-0.39, 0.29) is 6.61 Å². The number of aliphatic hydroxyl groups is 1. The molecule has 0 radical (unpaired) electrons. The molecule has 0 aliphatic heterocycles. The van der Waals surface area contributed by atoms with Crippen molar-refractivity contribution in [3.63, 3.8) is 0 Å². The third-order valence-electron chi connectivity index (χ3n) is 2.98. The van der Waals surface area contributed by atoms with Crippen LogP contribution in [0.5, 0.6) is 5.75 Å². The molecule has 0 aliphatic carbocycles. The van der Waals surface area contributed by atoms with Crippen LogP contribution in [0.1, 0.15) is 45.1 Å². The summed E-state index contributed by atoms with van der Waals surface area (Å²) in [6, 6.07) is 7.09. The van der Waals surface area contributed by atoms with Gasteiger partial charge in [-0.05, 0) is 31.0 Å². The number of hydrogen-bond acceptors (Lipinski definition) is 3. The van der Waals surface area contributed by atoms with Gasteiger partial charge in [0, 0.05) is 5.56 Å². The molecule has 21 heavy (non-hydrogen) atoms. The molecule has 0 aromatic heterocycles. The van der Waals surface area contributed by atoms with Gasteiger partial charge in [0.25, 0.3) is 5.91 Å². The first-order valence-corrected chi connectivity index (χ1v) is 7.26. The molecule has 1 amide bonds. The Hall–Kier alpha value is -1.99. The van der Waals surface area contributed by atoms with Gasteiger partial charge in [0.15, 0.2) is 6.61 Å². The summed E-state index contributed by atoms with van der Waals surface area (Å²) in [5.74, 6) is 5.97. The molecular formula is C17H23NO3. The average molecular weight is 289 g/mol. The van der Waals surface area contributed by atoms with Crippen LogP contribution < -0.4 is 10.5 Å². The Morgan fingerprint density at radius 3 is 2.57 bits per heavy atom. The number of nitrogens with two attached hydrogens (primary N) is 1. The van der Waals surface area contributed by atoms with Gasteiger partial charge in [-0.25, -0.2) is 0 Å². The fourth-order valence-electron chi connectivity index (χ4n) is 2.08. The topological polar surface area (TPSA) is 72.6 Å². The third kappa shape index (κ3) is 6.33. The molecule has 0 unspecified atom stereocenters. The summed E-state index contributed by atoms with van der Waals surface area (Å²) in [4.78, 5) is 10.7. The number of rotatable bonds is 7. The number of carbonyl (C=O) groups is 1. The van der Waals surface area contributed by atoms with E-state index in [0.29, 0.717) is 18.6 Å². The van der Waals surface area contributed by atoms with Crippen molar-refractivity contribution < 1.29 is 14.6 Å². The molecule has 0 aliphatic rings. The summed E-state index contributed by atoms with van der Waals surface area (Å²) in [6.45, 7) is 3.90. The maximum atomic E-state index is 10.7. The summed E-state index contributed by atoms with van der Waals surface area (Å²) < 4.78 is 5.23. The highest BCUT2D eigenvalue weighted by atomic mass is 16.5. The molecule has 1 rings (SSSR count). The van der Waals surface area contributed by atoms with Gasteiger partial charge in [-0.1, -0.05) is 44.6 Å². The smallest absolute Gasteiger partial charge is 0.255 e. The first-order valence-electron chi connectivity index (χ1n) is 7.26. The van der Waals surface area contributed by atoms with Crippen molar-refractivity contribution in [3.8, 4) is 17.6 Å². The van der Waals surface area contributed by atoms with Crippen LogP contribution in [-0.2, 0) is 4.79 Å². The molecule has 4 heteroatoms. The molecule has 3 N–H and O–H groups in total. The Labute approximate surface area is 126 Å². The van der Waals surface area contributed by atoms with E-state index in [1.54, 1.807) is 18.2 Å². The molecule has 0 saturated carbocycles. The molecule has 0 saturated heterocycles. The SMILES string of the molecule is CCCC(O)(C#Cc1cccc(OCC(N)=O)c1)CCC. The van der Waals surface area contributed by atoms with Crippen molar-refractivity contribution in [2.45, 2.75) is 45.1 Å². The van der Waals surface area contributed by atoms with Crippen molar-refractivity contribution in [1.29, 1.82) is 0 Å². The van der Waals surface area contributed by atoms with Gasteiger partial charge in [0.1, 0.15) is 11.4 Å². The standard InChI is InChI=1S/C17H23NO3/c1-3-9-17(20,10-4-2)11-8-14-6-5-7-15(12-14)21-13-16(18)19/h5-7,12,20H,3-4,9-10,13H2,1-2H3,(H2,18,19). The third-order valence-corrected chi connectivity index (χ3v) is 2.98. The average Bonchev–Trinajstić information content (AvgIpc) is 2.44. The van der Waals surface area contributed by atoms with Crippen LogP contribution in [0, 0.1) is 11.8 Å². The Morgan fingerprint density at radius 2 is 2.00 bits per heavy atom. The molecular weight excluding hydrogens is 266 g/mol. The molecule has 0 bridgehead atoms.